The number of anilines is 3. The molecule has 6 nitrogen and oxygen atoms in total. The maximum atomic E-state index is 12.5. The van der Waals surface area contributed by atoms with Crippen LogP contribution in [0.2, 0.25) is 0 Å². The third kappa shape index (κ3) is 5.55. The van der Waals surface area contributed by atoms with Gasteiger partial charge in [-0.25, -0.2) is 9.78 Å². The van der Waals surface area contributed by atoms with Crippen LogP contribution in [0.25, 0.3) is 32.3 Å². The van der Waals surface area contributed by atoms with Gasteiger partial charge in [0.15, 0.2) is 0 Å². The molecule has 10 heteroatoms. The number of urea groups is 1. The number of carbonyl (C=O) groups is 1. The molecule has 0 aliphatic rings. The molecule has 0 unspecified atom stereocenters. The number of amides is 2. The summed E-state index contributed by atoms with van der Waals surface area (Å²) in [5.41, 5.74) is 11.8. The number of thiophene rings is 1. The third-order valence-corrected chi connectivity index (χ3v) is 6.77. The number of benzene rings is 3. The monoisotopic (exact) mass is 534 g/mol. The first-order chi connectivity index (χ1) is 18.2. The Labute approximate surface area is 219 Å². The number of carbonyl (C=O) groups excluding carboxylic acids is 1. The first-order valence-electron chi connectivity index (χ1n) is 11.4. The van der Waals surface area contributed by atoms with Crippen molar-refractivity contribution in [1.29, 1.82) is 0 Å². The number of hydrogen-bond donors (Lipinski definition) is 3. The van der Waals surface area contributed by atoms with Crippen molar-refractivity contribution >= 4 is 44.6 Å². The van der Waals surface area contributed by atoms with Crippen molar-refractivity contribution < 1.29 is 22.7 Å². The summed E-state index contributed by atoms with van der Waals surface area (Å²) in [7, 11) is 0. The summed E-state index contributed by atoms with van der Waals surface area (Å²) in [4.78, 5) is 16.7. The van der Waals surface area contributed by atoms with Gasteiger partial charge in [0.25, 0.3) is 0 Å². The first-order valence-corrected chi connectivity index (χ1v) is 12.3. The molecular weight excluding hydrogens is 513 g/mol. The average Bonchev–Trinajstić information content (AvgIpc) is 3.31. The van der Waals surface area contributed by atoms with Crippen LogP contribution in [0.5, 0.6) is 5.75 Å². The molecule has 0 fully saturated rings. The standard InChI is InChI=1S/C28H21F3N4O2S/c1-16-3-2-4-20(13-16)35-27(36)34-19-9-5-18(6-10-19)23-15-38-25-22(14-33-26(32)24(23)25)17-7-11-21(12-8-17)37-28(29,30)31/h2-15H,1H3,(H2,32,33)(H2,34,35,36). The van der Waals surface area contributed by atoms with Crippen LogP contribution in [0.15, 0.2) is 84.4 Å². The van der Waals surface area contributed by atoms with Gasteiger partial charge in [0.05, 0.1) is 0 Å². The van der Waals surface area contributed by atoms with Crippen molar-refractivity contribution in [1.82, 2.24) is 4.98 Å². The zero-order chi connectivity index (χ0) is 26.9. The van der Waals surface area contributed by atoms with Crippen molar-refractivity contribution in [3.05, 3.63) is 89.9 Å². The van der Waals surface area contributed by atoms with E-state index < -0.39 is 6.36 Å². The quantitative estimate of drug-likeness (QED) is 0.213. The summed E-state index contributed by atoms with van der Waals surface area (Å²) < 4.78 is 42.3. The molecule has 192 valence electrons. The Balaban J connectivity index is 1.38. The van der Waals surface area contributed by atoms with E-state index >= 15 is 0 Å². The van der Waals surface area contributed by atoms with Crippen molar-refractivity contribution in [2.45, 2.75) is 13.3 Å². The van der Waals surface area contributed by atoms with Crippen LogP contribution >= 0.6 is 11.3 Å². The Morgan fingerprint density at radius 1 is 0.921 bits per heavy atom. The zero-order valence-electron chi connectivity index (χ0n) is 20.0. The number of aromatic nitrogens is 1. The molecule has 3 aromatic carbocycles. The summed E-state index contributed by atoms with van der Waals surface area (Å²) in [6.07, 6.45) is -3.15. The average molecular weight is 535 g/mol. The molecule has 0 bridgehead atoms. The molecule has 5 aromatic rings. The van der Waals surface area contributed by atoms with Gasteiger partial charge in [0.1, 0.15) is 11.6 Å². The van der Waals surface area contributed by atoms with Gasteiger partial charge in [-0.15, -0.1) is 24.5 Å². The highest BCUT2D eigenvalue weighted by atomic mass is 32.1. The number of hydrogen-bond acceptors (Lipinski definition) is 5. The van der Waals surface area contributed by atoms with Crippen LogP contribution in [0, 0.1) is 6.92 Å². The van der Waals surface area contributed by atoms with Crippen molar-refractivity contribution in [2.75, 3.05) is 16.4 Å². The lowest BCUT2D eigenvalue weighted by Crippen LogP contribution is -2.19. The topological polar surface area (TPSA) is 89.3 Å². The highest BCUT2D eigenvalue weighted by Gasteiger charge is 2.31. The number of nitrogen functional groups attached to an aromatic ring is 1. The van der Waals surface area contributed by atoms with Crippen molar-refractivity contribution in [3.63, 3.8) is 0 Å². The van der Waals surface area contributed by atoms with Crippen LogP contribution in [0.1, 0.15) is 5.56 Å². The number of halogens is 3. The molecule has 0 atom stereocenters. The number of pyridine rings is 1. The van der Waals surface area contributed by atoms with Crippen molar-refractivity contribution in [3.8, 4) is 28.0 Å². The molecule has 2 aromatic heterocycles. The smallest absolute Gasteiger partial charge is 0.406 e. The minimum atomic E-state index is -4.75. The van der Waals surface area contributed by atoms with Gasteiger partial charge in [0, 0.05) is 38.8 Å². The Bertz CT molecular complexity index is 1610. The van der Waals surface area contributed by atoms with Crippen LogP contribution in [0.4, 0.5) is 35.2 Å². The molecule has 0 aliphatic heterocycles. The molecule has 38 heavy (non-hydrogen) atoms. The number of nitrogens with zero attached hydrogens (tertiary/aromatic N) is 1. The van der Waals surface area contributed by atoms with Crippen LogP contribution in [-0.4, -0.2) is 17.4 Å². The highest BCUT2D eigenvalue weighted by Crippen LogP contribution is 2.42. The van der Waals surface area contributed by atoms with E-state index in [1.54, 1.807) is 30.5 Å². The highest BCUT2D eigenvalue weighted by molar-refractivity contribution is 7.18. The normalized spacial score (nSPS) is 11.4. The fourth-order valence-electron chi connectivity index (χ4n) is 4.07. The van der Waals surface area contributed by atoms with Gasteiger partial charge in [-0.2, -0.15) is 0 Å². The lowest BCUT2D eigenvalue weighted by molar-refractivity contribution is -0.274. The minimum Gasteiger partial charge on any atom is -0.406 e. The SMILES string of the molecule is Cc1cccc(NC(=O)Nc2ccc(-c3csc4c(-c5ccc(OC(F)(F)F)cc5)cnc(N)c34)cc2)c1. The molecule has 5 rings (SSSR count). The second-order valence-corrected chi connectivity index (χ2v) is 9.39. The molecular formula is C28H21F3N4O2S. The molecule has 4 N–H and O–H groups in total. The van der Waals surface area contributed by atoms with Gasteiger partial charge < -0.3 is 21.1 Å². The Hall–Kier alpha value is -4.57. The molecule has 0 saturated heterocycles. The van der Waals surface area contributed by atoms with E-state index in [2.05, 4.69) is 20.4 Å². The Morgan fingerprint density at radius 3 is 2.26 bits per heavy atom. The predicted molar refractivity (Wildman–Crippen MR) is 145 cm³/mol. The summed E-state index contributed by atoms with van der Waals surface area (Å²) in [6.45, 7) is 1.95. The summed E-state index contributed by atoms with van der Waals surface area (Å²) in [5.74, 6) is 0.0470. The van der Waals surface area contributed by atoms with Gasteiger partial charge in [0.2, 0.25) is 0 Å². The maximum absolute atomic E-state index is 12.5. The summed E-state index contributed by atoms with van der Waals surface area (Å²) in [6, 6.07) is 20.1. The van der Waals surface area contributed by atoms with Gasteiger partial charge >= 0.3 is 12.4 Å². The zero-order valence-corrected chi connectivity index (χ0v) is 20.8. The molecule has 2 amide bonds. The fourth-order valence-corrected chi connectivity index (χ4v) is 5.19. The lowest BCUT2D eigenvalue weighted by Gasteiger charge is -2.11. The second-order valence-electron chi connectivity index (χ2n) is 8.51. The largest absolute Gasteiger partial charge is 0.573 e. The number of ether oxygens (including phenoxy) is 1. The number of rotatable bonds is 5. The molecule has 0 radical (unpaired) electrons. The van der Waals surface area contributed by atoms with E-state index in [0.717, 1.165) is 32.3 Å². The Kier molecular flexibility index (Phi) is 6.64. The number of fused-ring (bicyclic) bond motifs is 1. The predicted octanol–water partition coefficient (Wildman–Crippen LogP) is 8.06. The van der Waals surface area contributed by atoms with E-state index in [1.807, 2.05) is 48.7 Å². The van der Waals surface area contributed by atoms with Crippen molar-refractivity contribution in [2.24, 2.45) is 0 Å². The number of nitrogens with two attached hydrogens (primary N) is 1. The Morgan fingerprint density at radius 2 is 1.58 bits per heavy atom. The first kappa shape index (κ1) is 25.1. The number of alkyl halides is 3. The maximum Gasteiger partial charge on any atom is 0.573 e. The van der Waals surface area contributed by atoms with Crippen LogP contribution in [-0.2, 0) is 0 Å². The van der Waals surface area contributed by atoms with Gasteiger partial charge in [-0.1, -0.05) is 36.4 Å². The summed E-state index contributed by atoms with van der Waals surface area (Å²) in [5, 5.41) is 8.33. The second kappa shape index (κ2) is 10.1. The molecule has 2 heterocycles. The van der Waals surface area contributed by atoms with Gasteiger partial charge in [-0.3, -0.25) is 0 Å². The van der Waals surface area contributed by atoms with Gasteiger partial charge in [-0.05, 0) is 65.4 Å². The van der Waals surface area contributed by atoms with E-state index in [-0.39, 0.29) is 11.8 Å². The van der Waals surface area contributed by atoms with Crippen LogP contribution < -0.4 is 21.1 Å². The molecule has 0 aliphatic carbocycles. The number of nitrogens with one attached hydrogen (secondary N) is 2. The van der Waals surface area contributed by atoms with E-state index in [0.29, 0.717) is 22.8 Å². The van der Waals surface area contributed by atoms with E-state index in [4.69, 9.17) is 5.73 Å². The number of aryl methyl sites for hydroxylation is 1. The summed E-state index contributed by atoms with van der Waals surface area (Å²) >= 11 is 1.46. The van der Waals surface area contributed by atoms with E-state index in [1.165, 1.54) is 23.5 Å². The molecule has 0 spiro atoms. The minimum absolute atomic E-state index is 0.297. The lowest BCUT2D eigenvalue weighted by atomic mass is 10.0. The third-order valence-electron chi connectivity index (χ3n) is 5.75. The van der Waals surface area contributed by atoms with E-state index in [9.17, 15) is 18.0 Å². The molecule has 0 saturated carbocycles. The fraction of sp³-hybridized carbons (Fsp3) is 0.0714. The van der Waals surface area contributed by atoms with Crippen LogP contribution in [0.3, 0.4) is 0 Å².